The molecule has 1 N–H and O–H groups in total. The molecule has 2 aromatic rings. The van der Waals surface area contributed by atoms with Gasteiger partial charge >= 0.3 is 0 Å². The molecule has 2 atom stereocenters. The standard InChI is InChI=1S/C21H24Cl2N2O3S/c1-15(16-6-3-2-4-7-16)24-21(26)17-8-5-11-25(13-17)29(27,28)14-18-9-10-19(22)12-20(18)23/h2-4,6-7,9-10,12,15,17H,5,8,11,13-14H2,1H3,(H,24,26)/t15-,17+/m1/s1. The van der Waals surface area contributed by atoms with Gasteiger partial charge in [0.25, 0.3) is 0 Å². The van der Waals surface area contributed by atoms with Gasteiger partial charge in [0.2, 0.25) is 15.9 Å². The first-order valence-corrected chi connectivity index (χ1v) is 11.9. The molecule has 1 aliphatic rings. The predicted octanol–water partition coefficient (Wildman–Crippen LogP) is 4.41. The molecule has 0 aliphatic carbocycles. The summed E-state index contributed by atoms with van der Waals surface area (Å²) in [6.45, 7) is 2.51. The molecule has 0 spiro atoms. The molecule has 29 heavy (non-hydrogen) atoms. The number of amides is 1. The van der Waals surface area contributed by atoms with Crippen molar-refractivity contribution in [2.75, 3.05) is 13.1 Å². The molecular weight excluding hydrogens is 431 g/mol. The van der Waals surface area contributed by atoms with E-state index >= 15 is 0 Å². The molecule has 0 bridgehead atoms. The molecule has 0 unspecified atom stereocenters. The average molecular weight is 455 g/mol. The Balaban J connectivity index is 1.65. The minimum atomic E-state index is -3.59. The second-order valence-electron chi connectivity index (χ2n) is 7.33. The number of carbonyl (C=O) groups is 1. The van der Waals surface area contributed by atoms with E-state index in [1.807, 2.05) is 37.3 Å². The molecule has 1 heterocycles. The van der Waals surface area contributed by atoms with Crippen LogP contribution in [0.25, 0.3) is 0 Å². The maximum atomic E-state index is 12.9. The van der Waals surface area contributed by atoms with Crippen LogP contribution in [0.5, 0.6) is 0 Å². The molecule has 5 nitrogen and oxygen atoms in total. The second-order valence-corrected chi connectivity index (χ2v) is 10.1. The number of hydrogen-bond donors (Lipinski definition) is 1. The fourth-order valence-corrected chi connectivity index (χ4v) is 5.69. The van der Waals surface area contributed by atoms with Gasteiger partial charge in [0, 0.05) is 23.1 Å². The van der Waals surface area contributed by atoms with E-state index in [1.165, 1.54) is 10.4 Å². The highest BCUT2D eigenvalue weighted by molar-refractivity contribution is 7.88. The molecule has 1 fully saturated rings. The van der Waals surface area contributed by atoms with Crippen molar-refractivity contribution in [1.29, 1.82) is 0 Å². The van der Waals surface area contributed by atoms with Gasteiger partial charge in [0.15, 0.2) is 0 Å². The van der Waals surface area contributed by atoms with E-state index in [4.69, 9.17) is 23.2 Å². The number of hydrogen-bond acceptors (Lipinski definition) is 3. The van der Waals surface area contributed by atoms with Crippen molar-refractivity contribution in [2.45, 2.75) is 31.6 Å². The Bertz CT molecular complexity index is 967. The van der Waals surface area contributed by atoms with Crippen molar-refractivity contribution in [3.8, 4) is 0 Å². The molecule has 0 aromatic heterocycles. The Kier molecular flexibility index (Phi) is 7.22. The van der Waals surface area contributed by atoms with Crippen molar-refractivity contribution in [1.82, 2.24) is 9.62 Å². The molecule has 156 valence electrons. The molecule has 1 saturated heterocycles. The minimum Gasteiger partial charge on any atom is -0.349 e. The summed E-state index contributed by atoms with van der Waals surface area (Å²) in [6, 6.07) is 14.3. The van der Waals surface area contributed by atoms with E-state index in [0.29, 0.717) is 35.0 Å². The highest BCUT2D eigenvalue weighted by atomic mass is 35.5. The van der Waals surface area contributed by atoms with Crippen LogP contribution < -0.4 is 5.32 Å². The van der Waals surface area contributed by atoms with Gasteiger partial charge in [0.1, 0.15) is 0 Å². The Morgan fingerprint density at radius 1 is 1.21 bits per heavy atom. The first-order valence-electron chi connectivity index (χ1n) is 9.53. The maximum Gasteiger partial charge on any atom is 0.224 e. The number of carbonyl (C=O) groups excluding carboxylic acids is 1. The Hall–Kier alpha value is -1.60. The van der Waals surface area contributed by atoms with Crippen molar-refractivity contribution in [3.63, 3.8) is 0 Å². The van der Waals surface area contributed by atoms with Crippen LogP contribution in [0.3, 0.4) is 0 Å². The first-order chi connectivity index (χ1) is 13.8. The van der Waals surface area contributed by atoms with Gasteiger partial charge in [-0.3, -0.25) is 4.79 Å². The summed E-state index contributed by atoms with van der Waals surface area (Å²) in [5.41, 5.74) is 1.51. The number of sulfonamides is 1. The maximum absolute atomic E-state index is 12.9. The van der Waals surface area contributed by atoms with Crippen LogP contribution in [0, 0.1) is 5.92 Å². The number of piperidine rings is 1. The molecule has 2 aromatic carbocycles. The lowest BCUT2D eigenvalue weighted by Crippen LogP contribution is -2.46. The van der Waals surface area contributed by atoms with E-state index in [1.54, 1.807) is 12.1 Å². The Labute approximate surface area is 182 Å². The van der Waals surface area contributed by atoms with E-state index in [2.05, 4.69) is 5.32 Å². The van der Waals surface area contributed by atoms with E-state index < -0.39 is 10.0 Å². The summed E-state index contributed by atoms with van der Waals surface area (Å²) in [5.74, 6) is -0.700. The molecule has 1 amide bonds. The third-order valence-electron chi connectivity index (χ3n) is 5.16. The lowest BCUT2D eigenvalue weighted by atomic mass is 9.98. The van der Waals surface area contributed by atoms with Gasteiger partial charge in [0.05, 0.1) is 17.7 Å². The van der Waals surface area contributed by atoms with Crippen LogP contribution in [0.1, 0.15) is 36.9 Å². The summed E-state index contributed by atoms with van der Waals surface area (Å²) in [7, 11) is -3.59. The number of halogens is 2. The lowest BCUT2D eigenvalue weighted by molar-refractivity contribution is -0.126. The minimum absolute atomic E-state index is 0.120. The Morgan fingerprint density at radius 3 is 2.62 bits per heavy atom. The summed E-state index contributed by atoms with van der Waals surface area (Å²) in [6.07, 6.45) is 1.31. The zero-order valence-electron chi connectivity index (χ0n) is 16.1. The lowest BCUT2D eigenvalue weighted by Gasteiger charge is -2.32. The monoisotopic (exact) mass is 454 g/mol. The van der Waals surface area contributed by atoms with Gasteiger partial charge < -0.3 is 5.32 Å². The topological polar surface area (TPSA) is 66.5 Å². The molecule has 0 saturated carbocycles. The van der Waals surface area contributed by atoms with Gasteiger partial charge in [-0.15, -0.1) is 0 Å². The number of nitrogens with zero attached hydrogens (tertiary/aromatic N) is 1. The van der Waals surface area contributed by atoms with Crippen molar-refractivity contribution in [2.24, 2.45) is 5.92 Å². The summed E-state index contributed by atoms with van der Waals surface area (Å²) in [4.78, 5) is 12.7. The highest BCUT2D eigenvalue weighted by Crippen LogP contribution is 2.26. The third kappa shape index (κ3) is 5.72. The molecular formula is C21H24Cl2N2O3S. The van der Waals surface area contributed by atoms with Crippen LogP contribution in [0.4, 0.5) is 0 Å². The van der Waals surface area contributed by atoms with Crippen molar-refractivity contribution < 1.29 is 13.2 Å². The molecule has 8 heteroatoms. The summed E-state index contributed by atoms with van der Waals surface area (Å²) >= 11 is 12.0. The molecule has 0 radical (unpaired) electrons. The van der Waals surface area contributed by atoms with Gasteiger partial charge in [-0.1, -0.05) is 59.6 Å². The summed E-state index contributed by atoms with van der Waals surface area (Å²) < 4.78 is 27.2. The van der Waals surface area contributed by atoms with Gasteiger partial charge in [-0.05, 0) is 43.0 Å². The molecule has 1 aliphatic heterocycles. The predicted molar refractivity (Wildman–Crippen MR) is 116 cm³/mol. The fraction of sp³-hybridized carbons (Fsp3) is 0.381. The Morgan fingerprint density at radius 2 is 1.93 bits per heavy atom. The van der Waals surface area contributed by atoms with Crippen LogP contribution >= 0.6 is 23.2 Å². The normalized spacial score (nSPS) is 18.9. The fourth-order valence-electron chi connectivity index (χ4n) is 3.49. The average Bonchev–Trinajstić information content (AvgIpc) is 2.71. The van der Waals surface area contributed by atoms with Gasteiger partial charge in [-0.2, -0.15) is 0 Å². The highest BCUT2D eigenvalue weighted by Gasteiger charge is 2.33. The zero-order valence-corrected chi connectivity index (χ0v) is 18.5. The van der Waals surface area contributed by atoms with Crippen LogP contribution in [0.2, 0.25) is 10.0 Å². The van der Waals surface area contributed by atoms with E-state index in [0.717, 1.165) is 5.56 Å². The van der Waals surface area contributed by atoms with Crippen LogP contribution in [0.15, 0.2) is 48.5 Å². The number of rotatable bonds is 6. The van der Waals surface area contributed by atoms with Crippen molar-refractivity contribution >= 4 is 39.1 Å². The quantitative estimate of drug-likeness (QED) is 0.702. The van der Waals surface area contributed by atoms with Gasteiger partial charge in [-0.25, -0.2) is 12.7 Å². The second kappa shape index (κ2) is 9.47. The third-order valence-corrected chi connectivity index (χ3v) is 7.54. The first kappa shape index (κ1) is 22.1. The smallest absolute Gasteiger partial charge is 0.224 e. The summed E-state index contributed by atoms with van der Waals surface area (Å²) in [5, 5.41) is 3.79. The largest absolute Gasteiger partial charge is 0.349 e. The van der Waals surface area contributed by atoms with E-state index in [9.17, 15) is 13.2 Å². The van der Waals surface area contributed by atoms with Crippen LogP contribution in [-0.4, -0.2) is 31.7 Å². The molecule has 3 rings (SSSR count). The van der Waals surface area contributed by atoms with Crippen LogP contribution in [-0.2, 0) is 20.6 Å². The zero-order chi connectivity index (χ0) is 21.0. The van der Waals surface area contributed by atoms with Crippen molar-refractivity contribution in [3.05, 3.63) is 69.7 Å². The number of nitrogens with one attached hydrogen (secondary N) is 1. The number of benzene rings is 2. The SMILES string of the molecule is C[C@@H](NC(=O)[C@H]1CCCN(S(=O)(=O)Cc2ccc(Cl)cc2Cl)C1)c1ccccc1. The van der Waals surface area contributed by atoms with E-state index in [-0.39, 0.29) is 30.2 Å².